The Balaban J connectivity index is 1.76. The molecule has 1 amide bonds. The average molecular weight is 480 g/mol. The second kappa shape index (κ2) is 8.46. The number of esters is 1. The van der Waals surface area contributed by atoms with Gasteiger partial charge in [0.25, 0.3) is 0 Å². The number of halogens is 1. The summed E-state index contributed by atoms with van der Waals surface area (Å²) in [5.74, 6) is -0.270. The molecule has 5 nitrogen and oxygen atoms in total. The van der Waals surface area contributed by atoms with E-state index >= 15 is 0 Å². The van der Waals surface area contributed by atoms with E-state index in [-0.39, 0.29) is 17.3 Å². The highest BCUT2D eigenvalue weighted by Gasteiger charge is 2.37. The number of aromatic nitrogens is 1. The smallest absolute Gasteiger partial charge is 0.354 e. The Morgan fingerprint density at radius 2 is 2.04 bits per heavy atom. The van der Waals surface area contributed by atoms with Gasteiger partial charge in [0.2, 0.25) is 5.91 Å². The molecular weight excluding hydrogens is 455 g/mol. The van der Waals surface area contributed by atoms with Gasteiger partial charge in [-0.05, 0) is 72.5 Å². The Bertz CT molecular complexity index is 846. The number of fused-ring (bicyclic) bond motifs is 1. The van der Waals surface area contributed by atoms with Crippen molar-refractivity contribution < 1.29 is 14.3 Å². The van der Waals surface area contributed by atoms with E-state index in [4.69, 9.17) is 4.74 Å². The fourth-order valence-corrected chi connectivity index (χ4v) is 4.60. The SMILES string of the molecule is CC[C@]1(CCC(=O)Nc2ccccc2I)CCCn2c(C(=O)OC)ccc21. The fraction of sp³-hybridized carbons (Fsp3) is 0.429. The van der Waals surface area contributed by atoms with Gasteiger partial charge in [0.15, 0.2) is 0 Å². The maximum Gasteiger partial charge on any atom is 0.354 e. The van der Waals surface area contributed by atoms with Crippen LogP contribution in [0.2, 0.25) is 0 Å². The maximum atomic E-state index is 12.5. The summed E-state index contributed by atoms with van der Waals surface area (Å²) in [4.78, 5) is 24.6. The molecule has 1 aliphatic rings. The molecule has 144 valence electrons. The van der Waals surface area contributed by atoms with Crippen LogP contribution >= 0.6 is 22.6 Å². The first kappa shape index (κ1) is 19.9. The molecule has 3 rings (SSSR count). The Kier molecular flexibility index (Phi) is 6.24. The topological polar surface area (TPSA) is 60.3 Å². The minimum Gasteiger partial charge on any atom is -0.464 e. The van der Waals surface area contributed by atoms with Crippen LogP contribution in [0.25, 0.3) is 0 Å². The standard InChI is InChI=1S/C21H25IN2O3/c1-3-21(13-11-19(25)23-16-8-5-4-7-15(16)22)12-6-14-24-17(20(26)27-2)9-10-18(21)24/h4-5,7-10H,3,6,11-14H2,1-2H3,(H,23,25)/t21-/m1/s1. The largest absolute Gasteiger partial charge is 0.464 e. The van der Waals surface area contributed by atoms with Crippen molar-refractivity contribution in [2.75, 3.05) is 12.4 Å². The zero-order valence-corrected chi connectivity index (χ0v) is 17.9. The molecule has 0 radical (unpaired) electrons. The highest BCUT2D eigenvalue weighted by molar-refractivity contribution is 14.1. The van der Waals surface area contributed by atoms with Crippen LogP contribution < -0.4 is 5.32 Å². The first-order chi connectivity index (χ1) is 13.0. The number of hydrogen-bond acceptors (Lipinski definition) is 3. The summed E-state index contributed by atoms with van der Waals surface area (Å²) in [7, 11) is 1.41. The van der Waals surface area contributed by atoms with Crippen LogP contribution in [-0.2, 0) is 21.5 Å². The molecule has 27 heavy (non-hydrogen) atoms. The quantitative estimate of drug-likeness (QED) is 0.480. The maximum absolute atomic E-state index is 12.5. The van der Waals surface area contributed by atoms with E-state index < -0.39 is 0 Å². The van der Waals surface area contributed by atoms with Gasteiger partial charge >= 0.3 is 5.97 Å². The number of carbonyl (C=O) groups is 2. The number of ether oxygens (including phenoxy) is 1. The van der Waals surface area contributed by atoms with Crippen LogP contribution in [0.1, 0.15) is 55.2 Å². The van der Waals surface area contributed by atoms with E-state index in [1.807, 2.05) is 36.4 Å². The van der Waals surface area contributed by atoms with Gasteiger partial charge in [-0.3, -0.25) is 4.79 Å². The Morgan fingerprint density at radius 1 is 1.26 bits per heavy atom. The number of methoxy groups -OCH3 is 1. The zero-order valence-electron chi connectivity index (χ0n) is 15.8. The second-order valence-corrected chi connectivity index (χ2v) is 8.17. The summed E-state index contributed by atoms with van der Waals surface area (Å²) >= 11 is 2.23. The molecule has 0 bridgehead atoms. The highest BCUT2D eigenvalue weighted by Crippen LogP contribution is 2.42. The molecule has 1 atom stereocenters. The van der Waals surface area contributed by atoms with Crippen LogP contribution in [0, 0.1) is 3.57 Å². The molecule has 1 aliphatic heterocycles. The van der Waals surface area contributed by atoms with Crippen molar-refractivity contribution >= 4 is 40.2 Å². The molecule has 1 N–H and O–H groups in total. The molecule has 0 unspecified atom stereocenters. The number of anilines is 1. The normalized spacial score (nSPS) is 18.6. The molecule has 0 aliphatic carbocycles. The van der Waals surface area contributed by atoms with Gasteiger partial charge in [0, 0.05) is 27.6 Å². The van der Waals surface area contributed by atoms with Crippen LogP contribution in [0.4, 0.5) is 5.69 Å². The van der Waals surface area contributed by atoms with Crippen molar-refractivity contribution in [2.45, 2.75) is 51.0 Å². The van der Waals surface area contributed by atoms with Crippen LogP contribution in [-0.4, -0.2) is 23.6 Å². The molecule has 2 aromatic rings. The lowest BCUT2D eigenvalue weighted by molar-refractivity contribution is -0.116. The van der Waals surface area contributed by atoms with Crippen molar-refractivity contribution in [3.8, 4) is 0 Å². The first-order valence-electron chi connectivity index (χ1n) is 9.33. The van der Waals surface area contributed by atoms with Gasteiger partial charge in [-0.2, -0.15) is 0 Å². The molecule has 0 saturated heterocycles. The lowest BCUT2D eigenvalue weighted by atomic mass is 9.72. The zero-order chi connectivity index (χ0) is 19.4. The molecule has 1 aromatic carbocycles. The number of rotatable bonds is 6. The lowest BCUT2D eigenvalue weighted by Crippen LogP contribution is -2.35. The summed E-state index contributed by atoms with van der Waals surface area (Å²) in [6, 6.07) is 11.7. The van der Waals surface area contributed by atoms with E-state index in [0.717, 1.165) is 47.2 Å². The molecule has 1 aromatic heterocycles. The summed E-state index contributed by atoms with van der Waals surface area (Å²) in [6.45, 7) is 2.99. The summed E-state index contributed by atoms with van der Waals surface area (Å²) in [6.07, 6.45) is 4.19. The van der Waals surface area contributed by atoms with Crippen molar-refractivity contribution in [3.05, 3.63) is 51.4 Å². The van der Waals surface area contributed by atoms with Crippen LogP contribution in [0.3, 0.4) is 0 Å². The number of benzene rings is 1. The van der Waals surface area contributed by atoms with Crippen molar-refractivity contribution in [1.82, 2.24) is 4.57 Å². The van der Waals surface area contributed by atoms with Crippen LogP contribution in [0.5, 0.6) is 0 Å². The Hall–Kier alpha value is -1.83. The lowest BCUT2D eigenvalue weighted by Gasteiger charge is -2.38. The molecule has 0 saturated carbocycles. The molecule has 0 spiro atoms. The molecule has 2 heterocycles. The van der Waals surface area contributed by atoms with E-state index in [2.05, 4.69) is 39.4 Å². The van der Waals surface area contributed by atoms with Crippen molar-refractivity contribution in [2.24, 2.45) is 0 Å². The Labute approximate surface area is 173 Å². The minimum absolute atomic E-state index is 0.0313. The second-order valence-electron chi connectivity index (χ2n) is 7.01. The minimum atomic E-state index is -0.301. The number of amides is 1. The van der Waals surface area contributed by atoms with Gasteiger partial charge in [-0.1, -0.05) is 19.1 Å². The number of hydrogen-bond donors (Lipinski definition) is 1. The van der Waals surface area contributed by atoms with E-state index in [0.29, 0.717) is 12.1 Å². The number of nitrogens with one attached hydrogen (secondary N) is 1. The average Bonchev–Trinajstić information content (AvgIpc) is 3.12. The molecule has 6 heteroatoms. The van der Waals surface area contributed by atoms with Gasteiger partial charge in [0.1, 0.15) is 5.69 Å². The highest BCUT2D eigenvalue weighted by atomic mass is 127. The summed E-state index contributed by atoms with van der Waals surface area (Å²) in [5, 5.41) is 3.02. The van der Waals surface area contributed by atoms with E-state index in [1.165, 1.54) is 7.11 Å². The van der Waals surface area contributed by atoms with Gasteiger partial charge in [-0.15, -0.1) is 0 Å². The van der Waals surface area contributed by atoms with E-state index in [9.17, 15) is 9.59 Å². The Morgan fingerprint density at radius 3 is 2.74 bits per heavy atom. The fourth-order valence-electron chi connectivity index (χ4n) is 4.07. The van der Waals surface area contributed by atoms with Crippen molar-refractivity contribution in [1.29, 1.82) is 0 Å². The van der Waals surface area contributed by atoms with Crippen LogP contribution in [0.15, 0.2) is 36.4 Å². The number of nitrogens with zero attached hydrogens (tertiary/aromatic N) is 1. The van der Waals surface area contributed by atoms with E-state index in [1.54, 1.807) is 0 Å². The van der Waals surface area contributed by atoms with Gasteiger partial charge < -0.3 is 14.6 Å². The first-order valence-corrected chi connectivity index (χ1v) is 10.4. The predicted molar refractivity (Wildman–Crippen MR) is 114 cm³/mol. The molecular formula is C21H25IN2O3. The summed E-state index contributed by atoms with van der Waals surface area (Å²) < 4.78 is 8.02. The third kappa shape index (κ3) is 4.05. The van der Waals surface area contributed by atoms with Crippen molar-refractivity contribution in [3.63, 3.8) is 0 Å². The number of carbonyl (C=O) groups excluding carboxylic acids is 2. The van der Waals surface area contributed by atoms with Gasteiger partial charge in [-0.25, -0.2) is 4.79 Å². The monoisotopic (exact) mass is 480 g/mol. The third-order valence-electron chi connectivity index (χ3n) is 5.61. The molecule has 0 fully saturated rings. The van der Waals surface area contributed by atoms with Gasteiger partial charge in [0.05, 0.1) is 12.8 Å². The summed E-state index contributed by atoms with van der Waals surface area (Å²) in [5.41, 5.74) is 2.53. The number of para-hydroxylation sites is 1. The predicted octanol–water partition coefficient (Wildman–Crippen LogP) is 4.74. The third-order valence-corrected chi connectivity index (χ3v) is 6.55.